The van der Waals surface area contributed by atoms with Gasteiger partial charge in [0.1, 0.15) is 6.61 Å². The van der Waals surface area contributed by atoms with Crippen molar-refractivity contribution in [2.24, 2.45) is 5.92 Å². The number of hydrogen-bond acceptors (Lipinski definition) is 5. The molecule has 2 unspecified atom stereocenters. The zero-order valence-electron chi connectivity index (χ0n) is 14.8. The number of hydrogen-bond donors (Lipinski definition) is 3. The number of hydrazine groups is 1. The molecule has 0 saturated heterocycles. The van der Waals surface area contributed by atoms with Crippen molar-refractivity contribution in [1.82, 2.24) is 16.2 Å². The molecule has 0 saturated carbocycles. The summed E-state index contributed by atoms with van der Waals surface area (Å²) < 4.78 is 10.6. The summed E-state index contributed by atoms with van der Waals surface area (Å²) >= 11 is 4.93. The Hall–Kier alpha value is -2.45. The number of carbonyl (C=O) groups is 2. The first-order valence-electron chi connectivity index (χ1n) is 8.43. The van der Waals surface area contributed by atoms with Crippen LogP contribution in [0.15, 0.2) is 46.6 Å². The molecule has 0 aliphatic heterocycles. The molecule has 0 bridgehead atoms. The van der Waals surface area contributed by atoms with Gasteiger partial charge in [0.2, 0.25) is 0 Å². The van der Waals surface area contributed by atoms with Crippen LogP contribution in [-0.4, -0.2) is 29.6 Å². The van der Waals surface area contributed by atoms with Crippen molar-refractivity contribution >= 4 is 29.1 Å². The lowest BCUT2D eigenvalue weighted by molar-refractivity contribution is -0.127. The molecule has 3 N–H and O–H groups in total. The molecular formula is C18H23N3O4S. The maximum Gasteiger partial charge on any atom is 0.293 e. The fourth-order valence-electron chi connectivity index (χ4n) is 2.48. The highest BCUT2D eigenvalue weighted by Crippen LogP contribution is 2.22. The number of ether oxygens (including phenoxy) is 1. The summed E-state index contributed by atoms with van der Waals surface area (Å²) in [6, 6.07) is 3.09. The first-order valence-corrected chi connectivity index (χ1v) is 8.84. The van der Waals surface area contributed by atoms with E-state index in [0.29, 0.717) is 0 Å². The summed E-state index contributed by atoms with van der Waals surface area (Å²) in [7, 11) is 0. The topological polar surface area (TPSA) is 92.6 Å². The highest BCUT2D eigenvalue weighted by Gasteiger charge is 2.18. The van der Waals surface area contributed by atoms with Crippen LogP contribution < -0.4 is 16.2 Å². The Morgan fingerprint density at radius 3 is 2.81 bits per heavy atom. The zero-order valence-corrected chi connectivity index (χ0v) is 15.6. The predicted molar refractivity (Wildman–Crippen MR) is 101 cm³/mol. The molecule has 1 aromatic rings. The summed E-state index contributed by atoms with van der Waals surface area (Å²) in [6.45, 7) is 4.07. The molecule has 0 aromatic carbocycles. The lowest BCUT2D eigenvalue weighted by Gasteiger charge is -2.23. The largest absolute Gasteiger partial charge is 0.459 e. The first-order chi connectivity index (χ1) is 12.5. The SMILES string of the molecule is CCCC1=CC(C)C(OCC(=O)NNC(=S)NC(=O)c2ccco2)C=C1. The van der Waals surface area contributed by atoms with E-state index in [2.05, 4.69) is 36.1 Å². The second-order valence-corrected chi connectivity index (χ2v) is 6.33. The molecule has 0 spiro atoms. The van der Waals surface area contributed by atoms with Gasteiger partial charge in [-0.05, 0) is 30.8 Å². The van der Waals surface area contributed by atoms with Crippen LogP contribution in [0.4, 0.5) is 0 Å². The predicted octanol–water partition coefficient (Wildman–Crippen LogP) is 2.23. The molecule has 140 valence electrons. The minimum Gasteiger partial charge on any atom is -0.459 e. The van der Waals surface area contributed by atoms with Gasteiger partial charge in [-0.3, -0.25) is 25.8 Å². The van der Waals surface area contributed by atoms with Crippen molar-refractivity contribution in [2.75, 3.05) is 6.61 Å². The van der Waals surface area contributed by atoms with Crippen molar-refractivity contribution in [1.29, 1.82) is 0 Å². The minimum absolute atomic E-state index is 0.0437. The van der Waals surface area contributed by atoms with Gasteiger partial charge in [-0.1, -0.05) is 44.1 Å². The Bertz CT molecular complexity index is 697. The van der Waals surface area contributed by atoms with E-state index in [4.69, 9.17) is 21.4 Å². The van der Waals surface area contributed by atoms with Crippen LogP contribution in [0.5, 0.6) is 0 Å². The van der Waals surface area contributed by atoms with Gasteiger partial charge in [-0.2, -0.15) is 0 Å². The number of carbonyl (C=O) groups excluding carboxylic acids is 2. The fraction of sp³-hybridized carbons (Fsp3) is 0.389. The van der Waals surface area contributed by atoms with Crippen LogP contribution in [0, 0.1) is 5.92 Å². The van der Waals surface area contributed by atoms with Crippen molar-refractivity contribution in [3.8, 4) is 0 Å². The molecule has 1 aliphatic carbocycles. The van der Waals surface area contributed by atoms with E-state index >= 15 is 0 Å². The molecule has 2 amide bonds. The van der Waals surface area contributed by atoms with Crippen molar-refractivity contribution in [3.05, 3.63) is 48.0 Å². The molecule has 7 nitrogen and oxygen atoms in total. The van der Waals surface area contributed by atoms with Crippen LogP contribution in [0.25, 0.3) is 0 Å². The van der Waals surface area contributed by atoms with Crippen molar-refractivity contribution in [2.45, 2.75) is 32.8 Å². The van der Waals surface area contributed by atoms with Gasteiger partial charge < -0.3 is 9.15 Å². The quantitative estimate of drug-likeness (QED) is 0.520. The monoisotopic (exact) mass is 377 g/mol. The van der Waals surface area contributed by atoms with Crippen LogP contribution in [0.2, 0.25) is 0 Å². The molecule has 8 heteroatoms. The van der Waals surface area contributed by atoms with Gasteiger partial charge in [0.05, 0.1) is 12.4 Å². The standard InChI is InChI=1S/C18H23N3O4S/c1-3-5-13-7-8-14(12(2)10-13)25-11-16(22)20-21-18(26)19-17(23)15-6-4-9-24-15/h4,6-10,12,14H,3,5,11H2,1-2H3,(H,20,22)(H2,19,21,23,26). The van der Waals surface area contributed by atoms with Crippen LogP contribution in [0.3, 0.4) is 0 Å². The minimum atomic E-state index is -0.506. The lowest BCUT2D eigenvalue weighted by atomic mass is 9.93. The van der Waals surface area contributed by atoms with E-state index in [1.807, 2.05) is 12.2 Å². The first kappa shape index (κ1) is 19.9. The van der Waals surface area contributed by atoms with E-state index in [0.717, 1.165) is 12.8 Å². The van der Waals surface area contributed by atoms with E-state index in [1.165, 1.54) is 17.9 Å². The van der Waals surface area contributed by atoms with Gasteiger partial charge in [-0.15, -0.1) is 0 Å². The summed E-state index contributed by atoms with van der Waals surface area (Å²) in [5.74, 6) is -0.578. The van der Waals surface area contributed by atoms with Crippen LogP contribution in [0.1, 0.15) is 37.2 Å². The summed E-state index contributed by atoms with van der Waals surface area (Å²) in [6.07, 6.45) is 9.56. The van der Waals surface area contributed by atoms with Crippen LogP contribution in [-0.2, 0) is 9.53 Å². The molecule has 1 aliphatic rings. The Kier molecular flexibility index (Phi) is 7.55. The molecule has 2 rings (SSSR count). The van der Waals surface area contributed by atoms with E-state index in [1.54, 1.807) is 6.07 Å². The van der Waals surface area contributed by atoms with E-state index in [-0.39, 0.29) is 29.5 Å². The second kappa shape index (κ2) is 9.88. The Labute approximate surface area is 157 Å². The third kappa shape index (κ3) is 6.12. The van der Waals surface area contributed by atoms with Gasteiger partial charge in [0, 0.05) is 5.92 Å². The smallest absolute Gasteiger partial charge is 0.293 e. The lowest BCUT2D eigenvalue weighted by Crippen LogP contribution is -2.49. The Balaban J connectivity index is 1.67. The van der Waals surface area contributed by atoms with Crippen LogP contribution >= 0.6 is 12.2 Å². The van der Waals surface area contributed by atoms with E-state index in [9.17, 15) is 9.59 Å². The van der Waals surface area contributed by atoms with E-state index < -0.39 is 11.8 Å². The second-order valence-electron chi connectivity index (χ2n) is 5.92. The third-order valence-electron chi connectivity index (χ3n) is 3.73. The average Bonchev–Trinajstić information content (AvgIpc) is 3.14. The summed E-state index contributed by atoms with van der Waals surface area (Å²) in [5, 5.41) is 2.34. The maximum atomic E-state index is 11.8. The third-order valence-corrected chi connectivity index (χ3v) is 3.93. The van der Waals surface area contributed by atoms with Crippen molar-refractivity contribution < 1.29 is 18.7 Å². The number of thiocarbonyl (C=S) groups is 1. The van der Waals surface area contributed by atoms with Crippen molar-refractivity contribution in [3.63, 3.8) is 0 Å². The normalized spacial score (nSPS) is 18.8. The zero-order chi connectivity index (χ0) is 18.9. The van der Waals surface area contributed by atoms with Gasteiger partial charge >= 0.3 is 0 Å². The number of allylic oxidation sites excluding steroid dienone is 2. The number of furan rings is 1. The maximum absolute atomic E-state index is 11.8. The van der Waals surface area contributed by atoms with Gasteiger partial charge in [0.15, 0.2) is 10.9 Å². The number of amides is 2. The molecule has 26 heavy (non-hydrogen) atoms. The highest BCUT2D eigenvalue weighted by atomic mass is 32.1. The summed E-state index contributed by atoms with van der Waals surface area (Å²) in [5.41, 5.74) is 6.12. The Morgan fingerprint density at radius 2 is 2.15 bits per heavy atom. The molecule has 2 atom stereocenters. The highest BCUT2D eigenvalue weighted by molar-refractivity contribution is 7.80. The molecule has 0 fully saturated rings. The molecule has 1 aromatic heterocycles. The Morgan fingerprint density at radius 1 is 1.35 bits per heavy atom. The fourth-order valence-corrected chi connectivity index (χ4v) is 2.63. The summed E-state index contributed by atoms with van der Waals surface area (Å²) in [4.78, 5) is 23.6. The molecule has 1 heterocycles. The van der Waals surface area contributed by atoms with Gasteiger partial charge in [0.25, 0.3) is 11.8 Å². The molecule has 0 radical (unpaired) electrons. The molecular weight excluding hydrogens is 354 g/mol. The average molecular weight is 377 g/mol. The number of nitrogens with one attached hydrogen (secondary N) is 3. The number of rotatable bonds is 6. The van der Waals surface area contributed by atoms with Gasteiger partial charge in [-0.25, -0.2) is 0 Å².